The second kappa shape index (κ2) is 43.9. The van der Waals surface area contributed by atoms with Crippen LogP contribution in [0.2, 0.25) is 0 Å². The van der Waals surface area contributed by atoms with Gasteiger partial charge in [-0.15, -0.1) is 0 Å². The molecule has 27 nitrogen and oxygen atoms in total. The predicted octanol–water partition coefficient (Wildman–Crippen LogP) is 14.8. The zero-order chi connectivity index (χ0) is 106. The number of urea groups is 1. The Morgan fingerprint density at radius 2 is 0.648 bits per heavy atom. The van der Waals surface area contributed by atoms with Crippen LogP contribution in [0, 0.1) is 102 Å². The number of likely N-dealkylation sites (tertiary alicyclic amines) is 5. The molecule has 8 aromatic carbocycles. The number of carbonyl (C=O) groups is 11. The minimum absolute atomic E-state index is 0.00824. The summed E-state index contributed by atoms with van der Waals surface area (Å²) in [6.45, 7) is 17.3. The smallest absolute Gasteiger partial charge is 0.352 e. The lowest BCUT2D eigenvalue weighted by Gasteiger charge is -2.45. The van der Waals surface area contributed by atoms with Crippen molar-refractivity contribution in [3.63, 3.8) is 0 Å². The minimum atomic E-state index is -4.29. The van der Waals surface area contributed by atoms with Gasteiger partial charge in [-0.25, -0.2) is 53.1 Å². The highest BCUT2D eigenvalue weighted by molar-refractivity contribution is 7.88. The van der Waals surface area contributed by atoms with Gasteiger partial charge in [0, 0.05) is 160 Å². The highest BCUT2D eigenvalue weighted by Crippen LogP contribution is 2.44. The Bertz CT molecular complexity index is 6320. The Labute approximate surface area is 807 Å². The molecule has 142 heavy (non-hydrogen) atoms. The van der Waals surface area contributed by atoms with Crippen molar-refractivity contribution in [2.45, 2.75) is 137 Å². The number of fused-ring (bicyclic) bond motifs is 1. The molecular weight excluding hydrogens is 1920 g/mol. The van der Waals surface area contributed by atoms with E-state index < -0.39 is 178 Å². The van der Waals surface area contributed by atoms with E-state index in [1.807, 2.05) is 0 Å². The van der Waals surface area contributed by atoms with Gasteiger partial charge in [0.1, 0.15) is 46.5 Å². The summed E-state index contributed by atoms with van der Waals surface area (Å²) < 4.78 is 259. The average Bonchev–Trinajstić information content (AvgIpc) is 1.29. The van der Waals surface area contributed by atoms with E-state index in [1.54, 1.807) is 41.5 Å². The monoisotopic (exact) mass is 2020 g/mol. The zero-order valence-corrected chi connectivity index (χ0v) is 80.0. The number of anilines is 4. The van der Waals surface area contributed by atoms with Crippen LogP contribution < -0.4 is 47.7 Å². The van der Waals surface area contributed by atoms with E-state index in [1.165, 1.54) is 95.1 Å². The number of amides is 12. The fourth-order valence-electron chi connectivity index (χ4n) is 16.9. The summed E-state index contributed by atoms with van der Waals surface area (Å²) in [6, 6.07) is 22.9. The lowest BCUT2D eigenvalue weighted by Crippen LogP contribution is -2.58. The number of nitrogens with zero attached hydrogens (tertiary/aromatic N) is 5. The Balaban J connectivity index is 0.000000195. The molecule has 5 aliphatic heterocycles. The number of carbonyl (C=O) groups excluding carboxylic acids is 11. The lowest BCUT2D eigenvalue weighted by molar-refractivity contribution is -0.163. The summed E-state index contributed by atoms with van der Waals surface area (Å²) in [7, 11) is -2.15. The van der Waals surface area contributed by atoms with Crippen molar-refractivity contribution in [1.82, 2.24) is 45.2 Å². The van der Waals surface area contributed by atoms with E-state index >= 15 is 35.1 Å². The SMILES string of the molecule is CC(=O)NC1CCN(C(=O)C(F)(F)c2cc(C(=O)Nc3ccc(F)c(C)c3)ccc2F)CC1(C)C.CNC(=O)NCC(=O)N1CC2CN(C(=O)C(F)(F)c3cc(C(=O)Nc4ccc(F)c(C)c4)ccc3F)CC2C1.Cc1cc(NC(=O)c2ccc(F)c(C(F)(F)C(=O)N3CCC(N)C(C)(C)C3)c2)ccc1F.Cc1cc(NC(=O)c2ccc(F)c(C(F)(F)C(=O)N3CCC(NS(C)(=O)=O)C(C)(C)C3)c2)ccc1F. The largest absolute Gasteiger partial charge is 0.353 e. The van der Waals surface area contributed by atoms with E-state index in [4.69, 9.17) is 5.73 Å². The lowest BCUT2D eigenvalue weighted by atomic mass is 9.78. The van der Waals surface area contributed by atoms with Crippen LogP contribution >= 0.6 is 0 Å². The molecule has 5 saturated heterocycles. The number of aryl methyl sites for hydroxylation is 4. The van der Waals surface area contributed by atoms with Gasteiger partial charge in [-0.05, 0) is 226 Å². The molecule has 5 unspecified atom stereocenters. The molecule has 12 amide bonds. The predicted molar refractivity (Wildman–Crippen MR) is 492 cm³/mol. The van der Waals surface area contributed by atoms with Crippen LogP contribution in [0.1, 0.15) is 154 Å². The van der Waals surface area contributed by atoms with Gasteiger partial charge in [0.15, 0.2) is 0 Å². The van der Waals surface area contributed by atoms with E-state index in [0.29, 0.717) is 48.9 Å². The molecule has 0 aromatic heterocycles. The van der Waals surface area contributed by atoms with Crippen LogP contribution in [-0.4, -0.2) is 201 Å². The fourth-order valence-corrected chi connectivity index (χ4v) is 17.9. The number of nitrogens with two attached hydrogens (primary N) is 1. The number of benzene rings is 8. The Morgan fingerprint density at radius 3 is 0.915 bits per heavy atom. The molecule has 5 heterocycles. The maximum absolute atomic E-state index is 15.3. The Morgan fingerprint density at radius 1 is 0.380 bits per heavy atom. The summed E-state index contributed by atoms with van der Waals surface area (Å²) in [5.74, 6) is -35.0. The summed E-state index contributed by atoms with van der Waals surface area (Å²) in [5.41, 5.74) is -0.253. The number of alkyl halides is 8. The normalized spacial score (nSPS) is 18.2. The first kappa shape index (κ1) is 110. The van der Waals surface area contributed by atoms with E-state index in [9.17, 15) is 96.3 Å². The van der Waals surface area contributed by atoms with Crippen molar-refractivity contribution >= 4 is 97.9 Å². The van der Waals surface area contributed by atoms with Crippen molar-refractivity contribution in [1.29, 1.82) is 0 Å². The van der Waals surface area contributed by atoms with Gasteiger partial charge in [-0.1, -0.05) is 41.5 Å². The molecule has 5 fully saturated rings. The third kappa shape index (κ3) is 26.4. The number of halogens is 16. The topological polar surface area (TPSA) is 360 Å². The molecule has 13 rings (SSSR count). The third-order valence-electron chi connectivity index (χ3n) is 25.1. The van der Waals surface area contributed by atoms with Crippen LogP contribution in [-0.2, 0) is 62.5 Å². The molecule has 0 bridgehead atoms. The van der Waals surface area contributed by atoms with Crippen molar-refractivity contribution in [2.75, 3.05) is 107 Å². The van der Waals surface area contributed by atoms with Gasteiger partial charge in [-0.2, -0.15) is 35.1 Å². The van der Waals surface area contributed by atoms with Gasteiger partial charge < -0.3 is 67.5 Å². The molecular formula is C98H106F16N14O13S. The molecule has 0 radical (unpaired) electrons. The summed E-state index contributed by atoms with van der Waals surface area (Å²) in [5, 5.41) is 17.2. The van der Waals surface area contributed by atoms with Gasteiger partial charge in [0.05, 0.1) is 35.1 Å². The van der Waals surface area contributed by atoms with Crippen LogP contribution in [0.5, 0.6) is 0 Å². The standard InChI is InChI=1S/C26H27F4N5O4.C25H27F4N3O3.C24H27F4N3O4S.C23H25F4N3O2/c1-14-7-18(4-6-20(14)27)33-23(37)15-3-5-21(28)19(8-15)26(29,30)24(38)35-12-16-10-34(11-17(16)13-35)22(36)9-32-25(39)31-2;1-14-11-17(6-8-19(14)26)31-22(34)16-5-7-20(27)18(12-16)25(28,29)23(35)32-10-9-21(30-15(2)33)24(3,4)13-32;1-14-11-16(6-8-18(14)25)29-21(32)15-5-7-19(26)17(12-15)24(27,28)22(33)31-10-9-20(23(2,3)13-31)30-36(4,34)35;1-13-10-15(5-7-17(13)24)29-20(31)14-4-6-18(25)16(11-14)23(26,27)21(32)30-9-8-19(28)22(2,3)12-30/h3-8,16-17H,9-13H2,1-2H3,(H,33,37)(H2,31,32,39);5-8,11-12,21H,9-10,13H2,1-4H3,(H,30,33)(H,31,34);5-8,11-12,20,30H,9-10,13H2,1-4H3,(H,29,32);4-7,10-11,19H,8-9,12,28H2,1-3H3,(H,29,31). The summed E-state index contributed by atoms with van der Waals surface area (Å²) in [4.78, 5) is 142. The van der Waals surface area contributed by atoms with Crippen LogP contribution in [0.3, 0.4) is 0 Å². The number of rotatable bonds is 21. The molecule has 0 spiro atoms. The average molecular weight is 2020 g/mol. The number of hydrogen-bond acceptors (Lipinski definition) is 14. The molecule has 764 valence electrons. The summed E-state index contributed by atoms with van der Waals surface area (Å²) >= 11 is 0. The molecule has 8 aromatic rings. The van der Waals surface area contributed by atoms with Gasteiger partial charge >= 0.3 is 29.7 Å². The van der Waals surface area contributed by atoms with E-state index in [0.717, 1.165) is 80.5 Å². The second-order valence-corrected chi connectivity index (χ2v) is 39.3. The highest BCUT2D eigenvalue weighted by atomic mass is 32.2. The van der Waals surface area contributed by atoms with Gasteiger partial charge in [-0.3, -0.25) is 47.9 Å². The summed E-state index contributed by atoms with van der Waals surface area (Å²) in [6.07, 6.45) is 1.68. The number of nitrogens with one attached hydrogen (secondary N) is 8. The first-order valence-corrected chi connectivity index (χ1v) is 46.3. The number of piperidine rings is 3. The number of hydrogen-bond donors (Lipinski definition) is 9. The first-order chi connectivity index (χ1) is 66.0. The quantitative estimate of drug-likeness (QED) is 0.0302. The van der Waals surface area contributed by atoms with E-state index in [-0.39, 0.29) is 188 Å². The molecule has 44 heteroatoms. The zero-order valence-electron chi connectivity index (χ0n) is 79.2. The highest BCUT2D eigenvalue weighted by Gasteiger charge is 2.55. The molecule has 10 N–H and O–H groups in total. The van der Waals surface area contributed by atoms with Crippen LogP contribution in [0.15, 0.2) is 146 Å². The van der Waals surface area contributed by atoms with Gasteiger partial charge in [0.2, 0.25) is 21.8 Å². The fraction of sp³-hybridized carbons (Fsp3) is 0.398. The van der Waals surface area contributed by atoms with Gasteiger partial charge in [0.25, 0.3) is 47.3 Å². The van der Waals surface area contributed by atoms with Crippen molar-refractivity contribution in [3.8, 4) is 0 Å². The first-order valence-electron chi connectivity index (χ1n) is 44.4. The van der Waals surface area contributed by atoms with E-state index in [2.05, 4.69) is 41.9 Å². The molecule has 5 aliphatic rings. The Kier molecular flexibility index (Phi) is 34.2. The second-order valence-electron chi connectivity index (χ2n) is 37.5. The maximum atomic E-state index is 15.3. The molecule has 0 saturated carbocycles. The molecule has 5 atom stereocenters. The van der Waals surface area contributed by atoms with Crippen molar-refractivity contribution < 1.29 is 131 Å². The van der Waals surface area contributed by atoms with Crippen LogP contribution in [0.25, 0.3) is 0 Å². The van der Waals surface area contributed by atoms with Crippen molar-refractivity contribution in [3.05, 3.63) is 259 Å². The number of sulfonamides is 1. The van der Waals surface area contributed by atoms with Crippen LogP contribution in [0.4, 0.5) is 97.8 Å². The molecule has 0 aliphatic carbocycles. The Hall–Kier alpha value is -13.5. The maximum Gasteiger partial charge on any atom is 0.352 e. The minimum Gasteiger partial charge on any atom is -0.353 e. The van der Waals surface area contributed by atoms with Crippen molar-refractivity contribution in [2.24, 2.45) is 33.8 Å². The third-order valence-corrected chi connectivity index (χ3v) is 25.8.